The van der Waals surface area contributed by atoms with Crippen LogP contribution in [0.15, 0.2) is 60.7 Å². The van der Waals surface area contributed by atoms with Gasteiger partial charge >= 0.3 is 0 Å². The van der Waals surface area contributed by atoms with Gasteiger partial charge in [0.15, 0.2) is 5.78 Å². The number of rotatable bonds is 4. The number of hydrogen-bond donors (Lipinski definition) is 0. The quantitative estimate of drug-likeness (QED) is 0.146. The Bertz CT molecular complexity index is 961. The molecule has 0 bridgehead atoms. The first-order valence-electron chi connectivity index (χ1n) is 8.02. The zero-order chi connectivity index (χ0) is 20.7. The van der Waals surface area contributed by atoms with Crippen LogP contribution in [0.5, 0.6) is 0 Å². The molecule has 0 heterocycles. The molecule has 0 aromatic heterocycles. The Kier molecular flexibility index (Phi) is 8.62. The first kappa shape index (κ1) is 22.5. The maximum atomic E-state index is 13.4. The Balaban J connectivity index is 0.000000237. The number of ketones is 1. The summed E-state index contributed by atoms with van der Waals surface area (Å²) in [6, 6.07) is 13.8. The van der Waals surface area contributed by atoms with Crippen LogP contribution in [0.4, 0.5) is 17.6 Å². The smallest absolute Gasteiger partial charge is 0.167 e. The van der Waals surface area contributed by atoms with E-state index >= 15 is 0 Å². The molecule has 0 radical (unpaired) electrons. The van der Waals surface area contributed by atoms with Gasteiger partial charge in [0.25, 0.3) is 0 Å². The largest absolute Gasteiger partial charge is 0.294 e. The second-order valence-electron chi connectivity index (χ2n) is 5.71. The van der Waals surface area contributed by atoms with Crippen LogP contribution in [0.1, 0.15) is 21.5 Å². The molecule has 3 aromatic rings. The third kappa shape index (κ3) is 6.70. The van der Waals surface area contributed by atoms with Crippen molar-refractivity contribution in [2.75, 3.05) is 0 Å². The fourth-order valence-corrected chi connectivity index (χ4v) is 3.02. The highest BCUT2D eigenvalue weighted by Gasteiger charge is 2.11. The first-order chi connectivity index (χ1) is 13.3. The highest BCUT2D eigenvalue weighted by atomic mass is 127. The summed E-state index contributed by atoms with van der Waals surface area (Å²) in [5.74, 6) is -2.55. The number of halogens is 6. The van der Waals surface area contributed by atoms with Crippen molar-refractivity contribution in [1.82, 2.24) is 0 Å². The Morgan fingerprint density at radius 3 is 1.75 bits per heavy atom. The maximum Gasteiger partial charge on any atom is 0.167 e. The molecule has 0 fully saturated rings. The minimum Gasteiger partial charge on any atom is -0.294 e. The minimum atomic E-state index is -0.686. The Hall–Kier alpha value is -1.74. The van der Waals surface area contributed by atoms with Crippen molar-refractivity contribution in [3.05, 3.63) is 104 Å². The molecule has 28 heavy (non-hydrogen) atoms. The predicted octanol–water partition coefficient (Wildman–Crippen LogP) is 6.85. The van der Waals surface area contributed by atoms with Crippen LogP contribution in [0, 0.1) is 26.8 Å². The average Bonchev–Trinajstić information content (AvgIpc) is 2.65. The number of benzene rings is 3. The third-order valence-corrected chi connectivity index (χ3v) is 5.01. The summed E-state index contributed by atoms with van der Waals surface area (Å²) in [6.07, 6.45) is -0.0628. The molecule has 146 valence electrons. The predicted molar refractivity (Wildman–Crippen MR) is 113 cm³/mol. The van der Waals surface area contributed by atoms with E-state index in [0.717, 1.165) is 21.8 Å². The van der Waals surface area contributed by atoms with Gasteiger partial charge in [-0.3, -0.25) is 4.79 Å². The van der Waals surface area contributed by atoms with Crippen LogP contribution in [0.3, 0.4) is 0 Å². The summed E-state index contributed by atoms with van der Waals surface area (Å²) in [4.78, 5) is 11.9. The SMILES string of the molecule is Fc1ccc(CBr)c(F)c1.O=C(Cc1ccc(F)cc1F)c1ccc(I)cc1. The molecule has 0 aliphatic carbocycles. The van der Waals surface area contributed by atoms with Gasteiger partial charge in [-0.2, -0.15) is 0 Å². The van der Waals surface area contributed by atoms with Crippen LogP contribution in [-0.2, 0) is 11.8 Å². The van der Waals surface area contributed by atoms with E-state index in [1.807, 2.05) is 12.1 Å². The van der Waals surface area contributed by atoms with E-state index in [2.05, 4.69) is 38.5 Å². The van der Waals surface area contributed by atoms with E-state index in [0.29, 0.717) is 16.5 Å². The van der Waals surface area contributed by atoms with E-state index in [4.69, 9.17) is 0 Å². The summed E-state index contributed by atoms with van der Waals surface area (Å²) >= 11 is 5.21. The fraction of sp³-hybridized carbons (Fsp3) is 0.0952. The highest BCUT2D eigenvalue weighted by Crippen LogP contribution is 2.14. The molecule has 0 amide bonds. The van der Waals surface area contributed by atoms with Crippen LogP contribution < -0.4 is 0 Å². The van der Waals surface area contributed by atoms with E-state index in [1.165, 1.54) is 18.2 Å². The zero-order valence-electron chi connectivity index (χ0n) is 14.4. The van der Waals surface area contributed by atoms with Gasteiger partial charge in [0.1, 0.15) is 23.3 Å². The summed E-state index contributed by atoms with van der Waals surface area (Å²) in [6.45, 7) is 0. The third-order valence-electron chi connectivity index (χ3n) is 3.69. The topological polar surface area (TPSA) is 17.1 Å². The molecule has 0 saturated heterocycles. The van der Waals surface area contributed by atoms with Crippen LogP contribution >= 0.6 is 38.5 Å². The number of Topliss-reactive ketones (excluding diaryl/α,β-unsaturated/α-hetero) is 1. The van der Waals surface area contributed by atoms with Gasteiger partial charge in [0.2, 0.25) is 0 Å². The van der Waals surface area contributed by atoms with E-state index < -0.39 is 23.3 Å². The van der Waals surface area contributed by atoms with Gasteiger partial charge in [-0.1, -0.05) is 40.2 Å². The maximum absolute atomic E-state index is 13.4. The molecule has 1 nitrogen and oxygen atoms in total. The van der Waals surface area contributed by atoms with E-state index in [-0.39, 0.29) is 17.8 Å². The number of carbonyl (C=O) groups is 1. The summed E-state index contributed by atoms with van der Waals surface area (Å²) in [7, 11) is 0. The second kappa shape index (κ2) is 10.7. The average molecular weight is 565 g/mol. The standard InChI is InChI=1S/C14H9F2IO.C7H5BrF2/c15-11-4-1-10(13(16)8-11)7-14(18)9-2-5-12(17)6-3-9;8-4-5-1-2-6(9)3-7(5)10/h1-6,8H,7H2;1-3H,4H2. The summed E-state index contributed by atoms with van der Waals surface area (Å²) in [5, 5.41) is 0.416. The highest BCUT2D eigenvalue weighted by molar-refractivity contribution is 14.1. The molecule has 0 spiro atoms. The zero-order valence-corrected chi connectivity index (χ0v) is 18.1. The lowest BCUT2D eigenvalue weighted by atomic mass is 10.0. The second-order valence-corrected chi connectivity index (χ2v) is 7.52. The van der Waals surface area contributed by atoms with E-state index in [1.54, 1.807) is 12.1 Å². The summed E-state index contributed by atoms with van der Waals surface area (Å²) < 4.78 is 52.0. The van der Waals surface area contributed by atoms with Crippen LogP contribution in [-0.4, -0.2) is 5.78 Å². The lowest BCUT2D eigenvalue weighted by molar-refractivity contribution is 0.0991. The Morgan fingerprint density at radius 2 is 1.29 bits per heavy atom. The molecular formula is C21H14BrF4IO. The molecule has 0 aliphatic rings. The van der Waals surface area contributed by atoms with Gasteiger partial charge in [-0.05, 0) is 58.0 Å². The molecule has 0 N–H and O–H groups in total. The molecule has 3 rings (SSSR count). The van der Waals surface area contributed by atoms with Crippen molar-refractivity contribution < 1.29 is 22.4 Å². The minimum absolute atomic E-state index is 0.0628. The summed E-state index contributed by atoms with van der Waals surface area (Å²) in [5.41, 5.74) is 1.21. The van der Waals surface area contributed by atoms with Gasteiger partial charge in [-0.15, -0.1) is 0 Å². The lowest BCUT2D eigenvalue weighted by Crippen LogP contribution is -2.05. The lowest BCUT2D eigenvalue weighted by Gasteiger charge is -2.03. The number of hydrogen-bond acceptors (Lipinski definition) is 1. The number of carbonyl (C=O) groups excluding carboxylic acids is 1. The first-order valence-corrected chi connectivity index (χ1v) is 10.2. The molecule has 0 aliphatic heterocycles. The van der Waals surface area contributed by atoms with Crippen LogP contribution in [0.25, 0.3) is 0 Å². The normalized spacial score (nSPS) is 10.2. The van der Waals surface area contributed by atoms with Crippen molar-refractivity contribution in [2.24, 2.45) is 0 Å². The monoisotopic (exact) mass is 564 g/mol. The molecule has 7 heteroatoms. The Labute approximate surface area is 182 Å². The molecule has 3 aromatic carbocycles. The molecule has 0 unspecified atom stereocenters. The van der Waals surface area contributed by atoms with Gasteiger partial charge in [0.05, 0.1) is 0 Å². The molecule has 0 saturated carbocycles. The number of alkyl halides is 1. The van der Waals surface area contributed by atoms with E-state index in [9.17, 15) is 22.4 Å². The van der Waals surface area contributed by atoms with Crippen molar-refractivity contribution >= 4 is 44.3 Å². The van der Waals surface area contributed by atoms with Gasteiger partial charge in [0, 0.05) is 33.0 Å². The van der Waals surface area contributed by atoms with Crippen molar-refractivity contribution in [3.63, 3.8) is 0 Å². The Morgan fingerprint density at radius 1 is 0.786 bits per heavy atom. The molecule has 0 atom stereocenters. The van der Waals surface area contributed by atoms with Crippen molar-refractivity contribution in [3.8, 4) is 0 Å². The van der Waals surface area contributed by atoms with Gasteiger partial charge in [-0.25, -0.2) is 17.6 Å². The van der Waals surface area contributed by atoms with Crippen LogP contribution in [0.2, 0.25) is 0 Å². The fourth-order valence-electron chi connectivity index (χ4n) is 2.21. The van der Waals surface area contributed by atoms with Crippen molar-refractivity contribution in [1.29, 1.82) is 0 Å². The van der Waals surface area contributed by atoms with Crippen molar-refractivity contribution in [2.45, 2.75) is 11.8 Å². The van der Waals surface area contributed by atoms with Gasteiger partial charge < -0.3 is 0 Å². The molecular weight excluding hydrogens is 551 g/mol.